The van der Waals surface area contributed by atoms with Gasteiger partial charge in [-0.05, 0) is 129 Å². The summed E-state index contributed by atoms with van der Waals surface area (Å²) in [5.74, 6) is 0. The van der Waals surface area contributed by atoms with Crippen LogP contribution in [0.5, 0.6) is 0 Å². The summed E-state index contributed by atoms with van der Waals surface area (Å²) in [4.78, 5) is 4.76. The molecule has 306 valence electrons. The highest BCUT2D eigenvalue weighted by molar-refractivity contribution is 6.30. The van der Waals surface area contributed by atoms with Gasteiger partial charge >= 0.3 is 0 Å². The van der Waals surface area contributed by atoms with Crippen LogP contribution < -0.4 is 9.80 Å². The first-order valence-electron chi connectivity index (χ1n) is 22.3. The first-order chi connectivity index (χ1) is 32.3. The fraction of sp³-hybridized carbons (Fsp3) is 0. The summed E-state index contributed by atoms with van der Waals surface area (Å²) >= 11 is 0. The van der Waals surface area contributed by atoms with E-state index in [-0.39, 0.29) is 0 Å². The molecular formula is C62H43N3. The maximum absolute atomic E-state index is 2.44. The average Bonchev–Trinajstić information content (AvgIpc) is 3.74. The summed E-state index contributed by atoms with van der Waals surface area (Å²) < 4.78 is 2.44. The molecule has 65 heavy (non-hydrogen) atoms. The molecule has 0 aliphatic carbocycles. The number of benzene rings is 11. The molecule has 0 unspecified atom stereocenters. The second-order valence-electron chi connectivity index (χ2n) is 16.5. The number of rotatable bonds is 9. The Morgan fingerprint density at radius 1 is 0.262 bits per heavy atom. The van der Waals surface area contributed by atoms with Crippen LogP contribution in [0.1, 0.15) is 0 Å². The zero-order valence-electron chi connectivity index (χ0n) is 35.7. The van der Waals surface area contributed by atoms with Gasteiger partial charge in [-0.15, -0.1) is 0 Å². The van der Waals surface area contributed by atoms with E-state index in [4.69, 9.17) is 0 Å². The third-order valence-corrected chi connectivity index (χ3v) is 12.7. The zero-order valence-corrected chi connectivity index (χ0v) is 35.7. The van der Waals surface area contributed by atoms with Gasteiger partial charge in [-0.3, -0.25) is 0 Å². The largest absolute Gasteiger partial charge is 0.310 e. The number of anilines is 6. The van der Waals surface area contributed by atoms with E-state index in [1.165, 1.54) is 65.6 Å². The summed E-state index contributed by atoms with van der Waals surface area (Å²) in [5.41, 5.74) is 14.9. The maximum Gasteiger partial charge on any atom is 0.0547 e. The van der Waals surface area contributed by atoms with E-state index in [1.54, 1.807) is 0 Å². The second-order valence-corrected chi connectivity index (χ2v) is 16.5. The van der Waals surface area contributed by atoms with Gasteiger partial charge in [0.05, 0.1) is 16.7 Å². The molecule has 11 aromatic carbocycles. The van der Waals surface area contributed by atoms with Gasteiger partial charge in [-0.2, -0.15) is 0 Å². The number of fused-ring (bicyclic) bond motifs is 7. The van der Waals surface area contributed by atoms with Crippen molar-refractivity contribution in [1.82, 2.24) is 4.57 Å². The highest BCUT2D eigenvalue weighted by Crippen LogP contribution is 2.46. The van der Waals surface area contributed by atoms with Crippen LogP contribution in [0.25, 0.3) is 71.3 Å². The number of nitrogens with zero attached hydrogens (tertiary/aromatic N) is 3. The molecule has 1 heterocycles. The number of hydrogen-bond donors (Lipinski definition) is 0. The first-order valence-corrected chi connectivity index (χ1v) is 22.3. The quantitative estimate of drug-likeness (QED) is 0.144. The standard InChI is InChI=1S/C62H43N3/c1-6-17-44(18-7-1)46-29-34-52(35-30-46)63(49-21-10-3-11-22-49)54-38-39-55-48(43-54)33-41-59-61(55)62-57-27-16-28-58(56(57)40-42-60(62)65(59)51-25-14-5-15-26-51)64(50-23-12-4-13-24-50)53-36-31-47(32-37-53)45-19-8-2-9-20-45/h1-43H. The van der Waals surface area contributed by atoms with E-state index >= 15 is 0 Å². The van der Waals surface area contributed by atoms with Gasteiger partial charge in [0.25, 0.3) is 0 Å². The molecule has 3 heteroatoms. The molecule has 3 nitrogen and oxygen atoms in total. The van der Waals surface area contributed by atoms with Crippen LogP contribution in [0, 0.1) is 0 Å². The van der Waals surface area contributed by atoms with Crippen molar-refractivity contribution in [3.63, 3.8) is 0 Å². The van der Waals surface area contributed by atoms with Crippen LogP contribution in [0.3, 0.4) is 0 Å². The van der Waals surface area contributed by atoms with Crippen LogP contribution in [-0.2, 0) is 0 Å². The van der Waals surface area contributed by atoms with E-state index in [1.807, 2.05) is 0 Å². The topological polar surface area (TPSA) is 11.4 Å². The molecule has 0 saturated heterocycles. The Labute approximate surface area is 378 Å². The zero-order chi connectivity index (χ0) is 43.1. The van der Waals surface area contributed by atoms with Crippen molar-refractivity contribution in [2.45, 2.75) is 0 Å². The fourth-order valence-electron chi connectivity index (χ4n) is 9.75. The van der Waals surface area contributed by atoms with Crippen molar-refractivity contribution in [3.8, 4) is 27.9 Å². The van der Waals surface area contributed by atoms with Crippen LogP contribution >= 0.6 is 0 Å². The summed E-state index contributed by atoms with van der Waals surface area (Å²) in [5, 5.41) is 7.28. The molecule has 0 aliphatic heterocycles. The van der Waals surface area contributed by atoms with Gasteiger partial charge in [0, 0.05) is 50.3 Å². The Hall–Kier alpha value is -8.66. The Morgan fingerprint density at radius 3 is 1.28 bits per heavy atom. The molecule has 0 saturated carbocycles. The lowest BCUT2D eigenvalue weighted by atomic mass is 9.97. The van der Waals surface area contributed by atoms with E-state index in [2.05, 4.69) is 275 Å². The van der Waals surface area contributed by atoms with Gasteiger partial charge in [0.1, 0.15) is 0 Å². The molecular weight excluding hydrogens is 787 g/mol. The van der Waals surface area contributed by atoms with Crippen molar-refractivity contribution in [3.05, 3.63) is 261 Å². The lowest BCUT2D eigenvalue weighted by Crippen LogP contribution is -2.10. The van der Waals surface area contributed by atoms with Gasteiger partial charge in [-0.1, -0.05) is 170 Å². The molecule has 0 bridgehead atoms. The van der Waals surface area contributed by atoms with Crippen molar-refractivity contribution >= 4 is 77.5 Å². The minimum atomic E-state index is 1.10. The molecule has 0 aliphatic rings. The molecule has 0 fully saturated rings. The number of para-hydroxylation sites is 3. The molecule has 0 N–H and O–H groups in total. The van der Waals surface area contributed by atoms with Crippen molar-refractivity contribution in [2.75, 3.05) is 9.80 Å². The molecule has 12 aromatic rings. The summed E-state index contributed by atoms with van der Waals surface area (Å²) in [7, 11) is 0. The van der Waals surface area contributed by atoms with E-state index in [0.717, 1.165) is 39.8 Å². The van der Waals surface area contributed by atoms with E-state index < -0.39 is 0 Å². The fourth-order valence-corrected chi connectivity index (χ4v) is 9.75. The monoisotopic (exact) mass is 829 g/mol. The van der Waals surface area contributed by atoms with E-state index in [0.29, 0.717) is 0 Å². The second kappa shape index (κ2) is 16.2. The highest BCUT2D eigenvalue weighted by Gasteiger charge is 2.22. The summed E-state index contributed by atoms with van der Waals surface area (Å²) in [6.07, 6.45) is 0. The lowest BCUT2D eigenvalue weighted by Gasteiger charge is -2.27. The van der Waals surface area contributed by atoms with Gasteiger partial charge < -0.3 is 14.4 Å². The summed E-state index contributed by atoms with van der Waals surface area (Å²) in [6, 6.07) is 94.2. The molecule has 0 amide bonds. The molecule has 0 atom stereocenters. The third kappa shape index (κ3) is 6.78. The smallest absolute Gasteiger partial charge is 0.0547 e. The van der Waals surface area contributed by atoms with Crippen molar-refractivity contribution in [2.24, 2.45) is 0 Å². The molecule has 0 radical (unpaired) electrons. The van der Waals surface area contributed by atoms with Crippen molar-refractivity contribution < 1.29 is 0 Å². The van der Waals surface area contributed by atoms with Crippen LogP contribution in [0.15, 0.2) is 261 Å². The lowest BCUT2D eigenvalue weighted by molar-refractivity contribution is 1.18. The van der Waals surface area contributed by atoms with Crippen LogP contribution in [0.4, 0.5) is 34.1 Å². The predicted octanol–water partition coefficient (Wildman–Crippen LogP) is 17.4. The normalized spacial score (nSPS) is 11.4. The molecule has 0 spiro atoms. The SMILES string of the molecule is c1ccc(-c2ccc(N(c3ccccc3)c3ccc4c(ccc5c4c4c6cccc(N(c7ccccc7)c7ccc(-c8ccccc8)cc7)c6ccc4n5-c4ccccc4)c3)cc2)cc1. The predicted molar refractivity (Wildman–Crippen MR) is 276 cm³/mol. The average molecular weight is 830 g/mol. The minimum Gasteiger partial charge on any atom is -0.310 e. The Morgan fingerprint density at radius 2 is 0.692 bits per heavy atom. The Balaban J connectivity index is 1.06. The van der Waals surface area contributed by atoms with Gasteiger partial charge in [0.15, 0.2) is 0 Å². The third-order valence-electron chi connectivity index (χ3n) is 12.7. The Kier molecular flexibility index (Phi) is 9.50. The molecule has 12 rings (SSSR count). The van der Waals surface area contributed by atoms with Crippen LogP contribution in [0.2, 0.25) is 0 Å². The number of hydrogen-bond acceptors (Lipinski definition) is 2. The molecule has 1 aromatic heterocycles. The minimum absolute atomic E-state index is 1.10. The van der Waals surface area contributed by atoms with Crippen molar-refractivity contribution in [1.29, 1.82) is 0 Å². The van der Waals surface area contributed by atoms with Gasteiger partial charge in [-0.25, -0.2) is 0 Å². The van der Waals surface area contributed by atoms with E-state index in [9.17, 15) is 0 Å². The van der Waals surface area contributed by atoms with Crippen LogP contribution in [-0.4, -0.2) is 4.57 Å². The Bertz CT molecular complexity index is 3600. The number of aromatic nitrogens is 1. The van der Waals surface area contributed by atoms with Gasteiger partial charge in [0.2, 0.25) is 0 Å². The summed E-state index contributed by atoms with van der Waals surface area (Å²) in [6.45, 7) is 0. The highest BCUT2D eigenvalue weighted by atomic mass is 15.1. The first kappa shape index (κ1) is 38.0. The maximum atomic E-state index is 2.44.